The van der Waals surface area contributed by atoms with Crippen molar-refractivity contribution in [2.24, 2.45) is 0 Å². The smallest absolute Gasteiger partial charge is 0.273 e. The molecule has 1 aromatic heterocycles. The summed E-state index contributed by atoms with van der Waals surface area (Å²) in [4.78, 5) is 3.88. The Labute approximate surface area is 124 Å². The second kappa shape index (κ2) is 5.16. The van der Waals surface area contributed by atoms with E-state index in [0.717, 1.165) is 11.3 Å². The lowest BCUT2D eigenvalue weighted by Crippen LogP contribution is -2.13. The van der Waals surface area contributed by atoms with Crippen LogP contribution in [0.3, 0.4) is 0 Å². The third-order valence-electron chi connectivity index (χ3n) is 2.19. The van der Waals surface area contributed by atoms with Crippen molar-refractivity contribution in [3.05, 3.63) is 33.9 Å². The molecule has 2 aromatic rings. The summed E-state index contributed by atoms with van der Waals surface area (Å²) in [6.07, 6.45) is 0. The number of hydrogen-bond acceptors (Lipinski definition) is 5. The molecule has 102 valence electrons. The van der Waals surface area contributed by atoms with E-state index >= 15 is 0 Å². The Balaban J connectivity index is 2.42. The van der Waals surface area contributed by atoms with Gasteiger partial charge in [-0.25, -0.2) is 13.4 Å². The molecule has 0 radical (unpaired) electrons. The normalized spacial score (nSPS) is 11.5. The van der Waals surface area contributed by atoms with Crippen molar-refractivity contribution in [2.75, 3.05) is 10.5 Å². The van der Waals surface area contributed by atoms with Gasteiger partial charge < -0.3 is 5.73 Å². The van der Waals surface area contributed by atoms with Crippen molar-refractivity contribution in [3.63, 3.8) is 0 Å². The van der Waals surface area contributed by atoms with Gasteiger partial charge in [0, 0.05) is 5.02 Å². The van der Waals surface area contributed by atoms with Gasteiger partial charge in [0.2, 0.25) is 0 Å². The largest absolute Gasteiger partial charge is 0.375 e. The van der Waals surface area contributed by atoms with Gasteiger partial charge in [-0.05, 0) is 25.1 Å². The second-order valence-electron chi connectivity index (χ2n) is 3.65. The summed E-state index contributed by atoms with van der Waals surface area (Å²) in [5.74, 6) is 0. The summed E-state index contributed by atoms with van der Waals surface area (Å²) in [7, 11) is -3.78. The standard InChI is InChI=1S/C10H9Cl2N3O2S2/c1-5-9(18-10(13)14-5)19(16,17)15-8-4-6(11)2-3-7(8)12/h2-4,15H,1H3,(H2,13,14). The third kappa shape index (κ3) is 3.11. The molecule has 0 saturated heterocycles. The van der Waals surface area contributed by atoms with Crippen LogP contribution < -0.4 is 10.5 Å². The molecule has 2 rings (SSSR count). The zero-order chi connectivity index (χ0) is 14.2. The highest BCUT2D eigenvalue weighted by atomic mass is 35.5. The first kappa shape index (κ1) is 14.4. The van der Waals surface area contributed by atoms with Crippen molar-refractivity contribution in [1.29, 1.82) is 0 Å². The topological polar surface area (TPSA) is 85.1 Å². The molecule has 0 atom stereocenters. The second-order valence-corrected chi connectivity index (χ2v) is 7.41. The van der Waals surface area contributed by atoms with E-state index in [0.29, 0.717) is 10.7 Å². The van der Waals surface area contributed by atoms with Crippen molar-refractivity contribution in [2.45, 2.75) is 11.1 Å². The Morgan fingerprint density at radius 1 is 1.37 bits per heavy atom. The van der Waals surface area contributed by atoms with Crippen molar-refractivity contribution in [1.82, 2.24) is 4.98 Å². The van der Waals surface area contributed by atoms with Gasteiger partial charge in [-0.2, -0.15) is 0 Å². The summed E-state index contributed by atoms with van der Waals surface area (Å²) in [6.45, 7) is 1.57. The van der Waals surface area contributed by atoms with Gasteiger partial charge in [0.15, 0.2) is 9.34 Å². The summed E-state index contributed by atoms with van der Waals surface area (Å²) in [6, 6.07) is 4.51. The lowest BCUT2D eigenvalue weighted by atomic mass is 10.3. The Kier molecular flexibility index (Phi) is 3.91. The van der Waals surface area contributed by atoms with Gasteiger partial charge in [-0.15, -0.1) is 0 Å². The highest BCUT2D eigenvalue weighted by Crippen LogP contribution is 2.31. The molecule has 0 saturated carbocycles. The van der Waals surface area contributed by atoms with Crippen LogP contribution in [0.15, 0.2) is 22.4 Å². The maximum Gasteiger partial charge on any atom is 0.273 e. The van der Waals surface area contributed by atoms with Crippen LogP contribution in [0.25, 0.3) is 0 Å². The Hall–Kier alpha value is -1.02. The van der Waals surface area contributed by atoms with Gasteiger partial charge in [0.1, 0.15) is 0 Å². The quantitative estimate of drug-likeness (QED) is 0.900. The zero-order valence-electron chi connectivity index (χ0n) is 9.65. The van der Waals surface area contributed by atoms with E-state index < -0.39 is 10.0 Å². The molecule has 1 aromatic carbocycles. The van der Waals surface area contributed by atoms with E-state index in [4.69, 9.17) is 28.9 Å². The summed E-state index contributed by atoms with van der Waals surface area (Å²) in [5, 5.41) is 0.820. The summed E-state index contributed by atoms with van der Waals surface area (Å²) in [5.41, 5.74) is 6.04. The van der Waals surface area contributed by atoms with Crippen LogP contribution in [-0.4, -0.2) is 13.4 Å². The number of halogens is 2. The van der Waals surface area contributed by atoms with E-state index in [2.05, 4.69) is 9.71 Å². The molecule has 0 bridgehead atoms. The number of benzene rings is 1. The molecule has 0 spiro atoms. The fraction of sp³-hybridized carbons (Fsp3) is 0.100. The van der Waals surface area contributed by atoms with Gasteiger partial charge in [-0.3, -0.25) is 4.72 Å². The van der Waals surface area contributed by atoms with E-state index in [1.54, 1.807) is 13.0 Å². The molecule has 9 heteroatoms. The lowest BCUT2D eigenvalue weighted by Gasteiger charge is -2.08. The first-order valence-corrected chi connectivity index (χ1v) is 8.06. The number of nitrogens with two attached hydrogens (primary N) is 1. The molecule has 3 N–H and O–H groups in total. The van der Waals surface area contributed by atoms with Crippen molar-refractivity contribution < 1.29 is 8.42 Å². The van der Waals surface area contributed by atoms with Gasteiger partial charge >= 0.3 is 0 Å². The number of anilines is 2. The molecule has 1 heterocycles. The maximum atomic E-state index is 12.2. The number of aromatic nitrogens is 1. The fourth-order valence-corrected chi connectivity index (χ4v) is 4.18. The molecule has 0 amide bonds. The van der Waals surface area contributed by atoms with E-state index in [9.17, 15) is 8.42 Å². The molecular weight excluding hydrogens is 329 g/mol. The van der Waals surface area contributed by atoms with Gasteiger partial charge in [-0.1, -0.05) is 34.5 Å². The number of thiazole rings is 1. The highest BCUT2D eigenvalue weighted by Gasteiger charge is 2.22. The van der Waals surface area contributed by atoms with Crippen LogP contribution in [0.1, 0.15) is 5.69 Å². The zero-order valence-corrected chi connectivity index (χ0v) is 12.8. The molecule has 5 nitrogen and oxygen atoms in total. The predicted molar refractivity (Wildman–Crippen MR) is 78.5 cm³/mol. The molecule has 0 fully saturated rings. The first-order valence-electron chi connectivity index (χ1n) is 5.00. The number of nitrogens with one attached hydrogen (secondary N) is 1. The molecule has 0 aliphatic rings. The van der Waals surface area contributed by atoms with Crippen LogP contribution in [0.5, 0.6) is 0 Å². The van der Waals surface area contributed by atoms with Gasteiger partial charge in [0.05, 0.1) is 16.4 Å². The first-order chi connectivity index (χ1) is 8.79. The summed E-state index contributed by atoms with van der Waals surface area (Å²) >= 11 is 12.6. The maximum absolute atomic E-state index is 12.2. The average molecular weight is 338 g/mol. The van der Waals surface area contributed by atoms with E-state index in [1.807, 2.05) is 0 Å². The molecular formula is C10H9Cl2N3O2S2. The minimum absolute atomic E-state index is 0.0565. The third-order valence-corrected chi connectivity index (χ3v) is 5.71. The number of nitrogen functional groups attached to an aromatic ring is 1. The predicted octanol–water partition coefficient (Wildman–Crippen LogP) is 3.14. The minimum Gasteiger partial charge on any atom is -0.375 e. The average Bonchev–Trinajstić information content (AvgIpc) is 2.63. The number of nitrogens with zero attached hydrogens (tertiary/aromatic N) is 1. The lowest BCUT2D eigenvalue weighted by molar-refractivity contribution is 0.602. The van der Waals surface area contributed by atoms with Crippen LogP contribution in [0, 0.1) is 6.92 Å². The number of rotatable bonds is 3. The van der Waals surface area contributed by atoms with Gasteiger partial charge in [0.25, 0.3) is 10.0 Å². The molecule has 0 unspecified atom stereocenters. The number of aryl methyl sites for hydroxylation is 1. The molecule has 0 aliphatic heterocycles. The van der Waals surface area contributed by atoms with Crippen LogP contribution in [0.2, 0.25) is 10.0 Å². The number of sulfonamides is 1. The Morgan fingerprint density at radius 2 is 2.05 bits per heavy atom. The Morgan fingerprint density at radius 3 is 2.63 bits per heavy atom. The van der Waals surface area contributed by atoms with Crippen LogP contribution >= 0.6 is 34.5 Å². The van der Waals surface area contributed by atoms with E-state index in [1.165, 1.54) is 12.1 Å². The van der Waals surface area contributed by atoms with E-state index in [-0.39, 0.29) is 20.1 Å². The SMILES string of the molecule is Cc1nc(N)sc1S(=O)(=O)Nc1cc(Cl)ccc1Cl. The highest BCUT2D eigenvalue weighted by molar-refractivity contribution is 7.94. The van der Waals surface area contributed by atoms with Crippen LogP contribution in [0.4, 0.5) is 10.8 Å². The summed E-state index contributed by atoms with van der Waals surface area (Å²) < 4.78 is 26.8. The Bertz CT molecular complexity index is 728. The monoisotopic (exact) mass is 337 g/mol. The fourth-order valence-electron chi connectivity index (χ4n) is 1.42. The molecule has 0 aliphatic carbocycles. The van der Waals surface area contributed by atoms with Crippen LogP contribution in [-0.2, 0) is 10.0 Å². The van der Waals surface area contributed by atoms with Crippen molar-refractivity contribution in [3.8, 4) is 0 Å². The minimum atomic E-state index is -3.78. The molecule has 19 heavy (non-hydrogen) atoms. The van der Waals surface area contributed by atoms with Crippen molar-refractivity contribution >= 4 is 55.4 Å². The number of hydrogen-bond donors (Lipinski definition) is 2.